The summed E-state index contributed by atoms with van der Waals surface area (Å²) in [6.45, 7) is 2.65. The monoisotopic (exact) mass is 529 g/mol. The lowest BCUT2D eigenvalue weighted by molar-refractivity contribution is 0.0944. The molecule has 3 aromatic rings. The van der Waals surface area contributed by atoms with Crippen LogP contribution in [0.3, 0.4) is 0 Å². The van der Waals surface area contributed by atoms with Gasteiger partial charge in [-0.25, -0.2) is 0 Å². The van der Waals surface area contributed by atoms with Crippen LogP contribution < -0.4 is 15.5 Å². The van der Waals surface area contributed by atoms with Gasteiger partial charge in [0.2, 0.25) is 0 Å². The number of hydrogen-bond acceptors (Lipinski definition) is 4. The van der Waals surface area contributed by atoms with Crippen LogP contribution in [0.5, 0.6) is 0 Å². The van der Waals surface area contributed by atoms with E-state index >= 15 is 0 Å². The largest absolute Gasteiger partial charge is 0.372 e. The number of halogens is 2. The maximum absolute atomic E-state index is 12.6. The number of aromatic amines is 1. The summed E-state index contributed by atoms with van der Waals surface area (Å²) >= 11 is 9.43. The summed E-state index contributed by atoms with van der Waals surface area (Å²) in [5.41, 5.74) is 1.87. The first-order valence-corrected chi connectivity index (χ1v) is 12.1. The van der Waals surface area contributed by atoms with Crippen LogP contribution in [0.25, 0.3) is 0 Å². The molecule has 0 atom stereocenters. The lowest BCUT2D eigenvalue weighted by Crippen LogP contribution is -2.35. The highest BCUT2D eigenvalue weighted by molar-refractivity contribution is 9.10. The van der Waals surface area contributed by atoms with Gasteiger partial charge in [-0.1, -0.05) is 41.9 Å². The summed E-state index contributed by atoms with van der Waals surface area (Å²) in [5.74, 6) is 0.148. The third kappa shape index (κ3) is 5.75. The molecule has 1 aliphatic rings. The van der Waals surface area contributed by atoms with Crippen molar-refractivity contribution in [2.75, 3.05) is 29.9 Å². The Morgan fingerprint density at radius 3 is 2.48 bits per heavy atom. The lowest BCUT2D eigenvalue weighted by atomic mass is 9.93. The highest BCUT2D eigenvalue weighted by Gasteiger charge is 2.22. The Morgan fingerprint density at radius 2 is 1.76 bits per heavy atom. The van der Waals surface area contributed by atoms with Crippen molar-refractivity contribution in [3.63, 3.8) is 0 Å². The first-order valence-electron chi connectivity index (χ1n) is 10.9. The Balaban J connectivity index is 1.25. The zero-order chi connectivity index (χ0) is 23.2. The van der Waals surface area contributed by atoms with Gasteiger partial charge in [0.25, 0.3) is 11.8 Å². The van der Waals surface area contributed by atoms with E-state index in [0.717, 1.165) is 32.4 Å². The van der Waals surface area contributed by atoms with E-state index in [1.165, 1.54) is 5.69 Å². The third-order valence-electron chi connectivity index (χ3n) is 5.86. The molecule has 172 valence electrons. The molecule has 0 aliphatic carbocycles. The molecule has 0 unspecified atom stereocenters. The standard InChI is InChI=1S/C24H25BrClN5O2/c25-20-21(29-30-22(20)28-23(32)18-8-4-5-9-19(18)26)24(33)27-13-10-16-11-14-31(15-12-16)17-6-2-1-3-7-17/h1-9,16H,10-15H2,(H,27,33)(H2,28,29,30,32). The molecule has 0 spiro atoms. The molecule has 4 rings (SSSR count). The molecule has 1 aliphatic heterocycles. The molecule has 1 fully saturated rings. The fourth-order valence-corrected chi connectivity index (χ4v) is 4.66. The van der Waals surface area contributed by atoms with Crippen molar-refractivity contribution in [2.24, 2.45) is 5.92 Å². The molecule has 0 radical (unpaired) electrons. The van der Waals surface area contributed by atoms with Crippen molar-refractivity contribution >= 4 is 50.9 Å². The summed E-state index contributed by atoms with van der Waals surface area (Å²) in [5, 5.41) is 12.7. The number of benzene rings is 2. The van der Waals surface area contributed by atoms with Gasteiger partial charge in [-0.2, -0.15) is 5.10 Å². The van der Waals surface area contributed by atoms with Crippen LogP contribution in [-0.2, 0) is 0 Å². The summed E-state index contributed by atoms with van der Waals surface area (Å²) < 4.78 is 0.400. The van der Waals surface area contributed by atoms with E-state index in [2.05, 4.69) is 65.9 Å². The average Bonchev–Trinajstić information content (AvgIpc) is 3.20. The number of H-pyrrole nitrogens is 1. The maximum atomic E-state index is 12.6. The predicted octanol–water partition coefficient (Wildman–Crippen LogP) is 5.11. The summed E-state index contributed by atoms with van der Waals surface area (Å²) in [6.07, 6.45) is 3.14. The normalized spacial score (nSPS) is 14.2. The quantitative estimate of drug-likeness (QED) is 0.396. The van der Waals surface area contributed by atoms with Crippen molar-refractivity contribution in [1.29, 1.82) is 0 Å². The molecule has 1 saturated heterocycles. The Labute approximate surface area is 206 Å². The number of para-hydroxylation sites is 1. The topological polar surface area (TPSA) is 90.1 Å². The van der Waals surface area contributed by atoms with Crippen LogP contribution in [0.1, 0.15) is 40.1 Å². The minimum Gasteiger partial charge on any atom is -0.372 e. The molecule has 0 bridgehead atoms. The van der Waals surface area contributed by atoms with Gasteiger partial charge >= 0.3 is 0 Å². The smallest absolute Gasteiger partial charge is 0.270 e. The fourth-order valence-electron chi connectivity index (χ4n) is 3.98. The summed E-state index contributed by atoms with van der Waals surface area (Å²) in [6, 6.07) is 17.2. The fraction of sp³-hybridized carbons (Fsp3) is 0.292. The van der Waals surface area contributed by atoms with Crippen molar-refractivity contribution in [2.45, 2.75) is 19.3 Å². The second-order valence-corrected chi connectivity index (χ2v) is 9.21. The van der Waals surface area contributed by atoms with Crippen molar-refractivity contribution in [3.8, 4) is 0 Å². The van der Waals surface area contributed by atoms with E-state index in [-0.39, 0.29) is 17.4 Å². The molecule has 7 nitrogen and oxygen atoms in total. The molecule has 33 heavy (non-hydrogen) atoms. The van der Waals surface area contributed by atoms with Crippen LogP contribution in [0.4, 0.5) is 11.5 Å². The Kier molecular flexibility index (Phi) is 7.67. The number of carbonyl (C=O) groups is 2. The average molecular weight is 531 g/mol. The minimum absolute atomic E-state index is 0.235. The van der Waals surface area contributed by atoms with Crippen LogP contribution in [0.2, 0.25) is 5.02 Å². The molecule has 9 heteroatoms. The van der Waals surface area contributed by atoms with Gasteiger partial charge in [-0.3, -0.25) is 14.7 Å². The molecule has 3 N–H and O–H groups in total. The van der Waals surface area contributed by atoms with Crippen molar-refractivity contribution < 1.29 is 9.59 Å². The minimum atomic E-state index is -0.401. The number of carbonyl (C=O) groups excluding carboxylic acids is 2. The zero-order valence-electron chi connectivity index (χ0n) is 18.0. The van der Waals surface area contributed by atoms with Crippen LogP contribution in [0, 0.1) is 5.92 Å². The van der Waals surface area contributed by atoms with E-state index in [0.29, 0.717) is 27.5 Å². The molecule has 2 amide bonds. The second-order valence-electron chi connectivity index (χ2n) is 8.01. The first kappa shape index (κ1) is 23.3. The number of amides is 2. The van der Waals surface area contributed by atoms with Crippen LogP contribution in [-0.4, -0.2) is 41.6 Å². The number of anilines is 2. The van der Waals surface area contributed by atoms with E-state index in [1.54, 1.807) is 24.3 Å². The molecular formula is C24H25BrClN5O2. The highest BCUT2D eigenvalue weighted by atomic mass is 79.9. The van der Waals surface area contributed by atoms with E-state index < -0.39 is 5.91 Å². The number of hydrogen-bond donors (Lipinski definition) is 3. The van der Waals surface area contributed by atoms with Gasteiger partial charge in [0.05, 0.1) is 15.1 Å². The van der Waals surface area contributed by atoms with Gasteiger partial charge in [0, 0.05) is 25.3 Å². The second kappa shape index (κ2) is 10.9. The van der Waals surface area contributed by atoms with Crippen molar-refractivity contribution in [3.05, 3.63) is 75.4 Å². The predicted molar refractivity (Wildman–Crippen MR) is 134 cm³/mol. The molecule has 1 aromatic heterocycles. The molecule has 2 heterocycles. The highest BCUT2D eigenvalue weighted by Crippen LogP contribution is 2.26. The summed E-state index contributed by atoms with van der Waals surface area (Å²) in [7, 11) is 0. The number of aromatic nitrogens is 2. The Morgan fingerprint density at radius 1 is 1.06 bits per heavy atom. The first-order chi connectivity index (χ1) is 16.0. The molecule has 2 aromatic carbocycles. The zero-order valence-corrected chi connectivity index (χ0v) is 20.3. The van der Waals surface area contributed by atoms with Crippen LogP contribution >= 0.6 is 27.5 Å². The van der Waals surface area contributed by atoms with Gasteiger partial charge in [0.1, 0.15) is 5.69 Å². The van der Waals surface area contributed by atoms with Crippen LogP contribution in [0.15, 0.2) is 59.1 Å². The Bertz CT molecular complexity index is 1110. The number of nitrogens with zero attached hydrogens (tertiary/aromatic N) is 2. The Hall–Kier alpha value is -2.84. The SMILES string of the molecule is O=C(Nc1n[nH]c(C(=O)NCCC2CCN(c3ccccc3)CC2)c1Br)c1ccccc1Cl. The molecule has 0 saturated carbocycles. The van der Waals surface area contributed by atoms with E-state index in [1.807, 2.05) is 6.07 Å². The van der Waals surface area contributed by atoms with E-state index in [4.69, 9.17) is 11.6 Å². The molecular weight excluding hydrogens is 506 g/mol. The van der Waals surface area contributed by atoms with Gasteiger partial charge in [-0.15, -0.1) is 0 Å². The van der Waals surface area contributed by atoms with Crippen molar-refractivity contribution in [1.82, 2.24) is 15.5 Å². The maximum Gasteiger partial charge on any atom is 0.270 e. The van der Waals surface area contributed by atoms with E-state index in [9.17, 15) is 9.59 Å². The van der Waals surface area contributed by atoms with Gasteiger partial charge in [-0.05, 0) is 65.4 Å². The third-order valence-corrected chi connectivity index (χ3v) is 6.96. The number of nitrogens with one attached hydrogen (secondary N) is 3. The lowest BCUT2D eigenvalue weighted by Gasteiger charge is -2.33. The van der Waals surface area contributed by atoms with Gasteiger partial charge < -0.3 is 15.5 Å². The van der Waals surface area contributed by atoms with Gasteiger partial charge in [0.15, 0.2) is 5.82 Å². The number of rotatable bonds is 7. The summed E-state index contributed by atoms with van der Waals surface area (Å²) in [4.78, 5) is 27.5. The number of piperidine rings is 1.